The van der Waals surface area contributed by atoms with E-state index in [9.17, 15) is 9.18 Å². The second kappa shape index (κ2) is 7.15. The van der Waals surface area contributed by atoms with Crippen molar-refractivity contribution in [1.29, 1.82) is 0 Å². The van der Waals surface area contributed by atoms with Crippen LogP contribution in [0.4, 0.5) is 4.39 Å². The quantitative estimate of drug-likeness (QED) is 0.794. The average Bonchev–Trinajstić information content (AvgIpc) is 2.37. The van der Waals surface area contributed by atoms with E-state index < -0.39 is 32.6 Å². The molecule has 0 aliphatic carbocycles. The summed E-state index contributed by atoms with van der Waals surface area (Å²) in [7, 11) is -2.28. The molecule has 0 saturated carbocycles. The fourth-order valence-corrected chi connectivity index (χ4v) is 2.84. The van der Waals surface area contributed by atoms with Crippen molar-refractivity contribution in [3.05, 3.63) is 35.9 Å². The number of aromatic nitrogens is 1. The summed E-state index contributed by atoms with van der Waals surface area (Å²) in [6, 6.07) is 5.13. The summed E-state index contributed by atoms with van der Waals surface area (Å²) in [5, 5.41) is 8.89. The van der Waals surface area contributed by atoms with Gasteiger partial charge in [-0.15, -0.1) is 0 Å². The lowest BCUT2D eigenvalue weighted by molar-refractivity contribution is -0.138. The van der Waals surface area contributed by atoms with Crippen LogP contribution >= 0.6 is 0 Å². The molecule has 4 nitrogen and oxygen atoms in total. The molecule has 0 fully saturated rings. The summed E-state index contributed by atoms with van der Waals surface area (Å²) in [4.78, 5) is 15.0. The standard InChI is InChI=1S/C16H24FNO3Si/c1-16(2,3)22(4,5)21-14(11-15(19)20)13(17)10-12-8-6-7-9-18-12/h6-10,14H,11H2,1-5H3,(H,19,20)/b13-10-/t14-/m0/s1. The van der Waals surface area contributed by atoms with Gasteiger partial charge in [0.1, 0.15) is 11.9 Å². The topological polar surface area (TPSA) is 59.4 Å². The number of nitrogens with zero attached hydrogens (tertiary/aromatic N) is 1. The van der Waals surface area contributed by atoms with Crippen molar-refractivity contribution in [2.24, 2.45) is 0 Å². The van der Waals surface area contributed by atoms with Gasteiger partial charge < -0.3 is 9.53 Å². The van der Waals surface area contributed by atoms with Crippen LogP contribution in [0.3, 0.4) is 0 Å². The van der Waals surface area contributed by atoms with E-state index in [-0.39, 0.29) is 5.04 Å². The molecule has 22 heavy (non-hydrogen) atoms. The van der Waals surface area contributed by atoms with Crippen molar-refractivity contribution in [2.45, 2.75) is 51.4 Å². The van der Waals surface area contributed by atoms with Crippen molar-refractivity contribution in [3.8, 4) is 0 Å². The Labute approximate surface area is 132 Å². The molecular weight excluding hydrogens is 301 g/mol. The zero-order valence-corrected chi connectivity index (χ0v) is 14.8. The molecule has 1 atom stereocenters. The lowest BCUT2D eigenvalue weighted by atomic mass is 10.2. The van der Waals surface area contributed by atoms with E-state index in [4.69, 9.17) is 9.53 Å². The van der Waals surface area contributed by atoms with E-state index >= 15 is 0 Å². The van der Waals surface area contributed by atoms with Gasteiger partial charge in [-0.2, -0.15) is 0 Å². The summed E-state index contributed by atoms with van der Waals surface area (Å²) in [6.07, 6.45) is 1.31. The highest BCUT2D eigenvalue weighted by molar-refractivity contribution is 6.74. The fraction of sp³-hybridized carbons (Fsp3) is 0.500. The van der Waals surface area contributed by atoms with Gasteiger partial charge in [-0.1, -0.05) is 26.8 Å². The first kappa shape index (κ1) is 18.5. The van der Waals surface area contributed by atoms with E-state index in [1.165, 1.54) is 6.08 Å². The van der Waals surface area contributed by atoms with Crippen LogP contribution in [0.5, 0.6) is 0 Å². The first-order valence-electron chi connectivity index (χ1n) is 7.20. The summed E-state index contributed by atoms with van der Waals surface area (Å²) < 4.78 is 20.4. The molecule has 0 unspecified atom stereocenters. The molecule has 0 amide bonds. The van der Waals surface area contributed by atoms with E-state index in [1.807, 2.05) is 33.9 Å². The fourth-order valence-electron chi connectivity index (χ4n) is 1.58. The predicted octanol–water partition coefficient (Wildman–Crippen LogP) is 4.26. The molecule has 1 aromatic rings. The van der Waals surface area contributed by atoms with Crippen molar-refractivity contribution < 1.29 is 18.7 Å². The largest absolute Gasteiger partial charge is 0.481 e. The van der Waals surface area contributed by atoms with Gasteiger partial charge in [0, 0.05) is 6.20 Å². The van der Waals surface area contributed by atoms with Gasteiger partial charge in [0.2, 0.25) is 0 Å². The second-order valence-electron chi connectivity index (χ2n) is 6.75. The minimum absolute atomic E-state index is 0.130. The third kappa shape index (κ3) is 5.34. The number of carbonyl (C=O) groups is 1. The van der Waals surface area contributed by atoms with Gasteiger partial charge in [-0.25, -0.2) is 4.39 Å². The van der Waals surface area contributed by atoms with Gasteiger partial charge in [0.15, 0.2) is 8.32 Å². The Kier molecular flexibility index (Phi) is 6.02. The number of aliphatic carboxylic acids is 1. The maximum atomic E-state index is 14.5. The Bertz CT molecular complexity index is 538. The maximum Gasteiger partial charge on any atom is 0.306 e. The molecular formula is C16H24FNO3Si. The average molecular weight is 325 g/mol. The summed E-state index contributed by atoms with van der Waals surface area (Å²) in [5.41, 5.74) is 0.439. The Hall–Kier alpha value is -1.53. The monoisotopic (exact) mass is 325 g/mol. The molecule has 0 aliphatic rings. The highest BCUT2D eigenvalue weighted by Gasteiger charge is 2.40. The molecule has 1 heterocycles. The maximum absolute atomic E-state index is 14.5. The molecule has 1 N–H and O–H groups in total. The third-order valence-corrected chi connectivity index (χ3v) is 8.37. The van der Waals surface area contributed by atoms with Gasteiger partial charge in [0.25, 0.3) is 0 Å². The van der Waals surface area contributed by atoms with Crippen molar-refractivity contribution in [1.82, 2.24) is 4.98 Å². The molecule has 0 bridgehead atoms. The van der Waals surface area contributed by atoms with Gasteiger partial charge in [-0.05, 0) is 36.3 Å². The van der Waals surface area contributed by atoms with Crippen molar-refractivity contribution >= 4 is 20.4 Å². The number of rotatable bonds is 6. The first-order chi connectivity index (χ1) is 10.0. The SMILES string of the molecule is CC(C)(C)[Si](C)(C)O[C@@H](CC(=O)O)/C(F)=C/c1ccccn1. The second-order valence-corrected chi connectivity index (χ2v) is 11.5. The normalized spacial score (nSPS) is 14.7. The molecule has 0 spiro atoms. The molecule has 0 aliphatic heterocycles. The molecule has 122 valence electrons. The van der Waals surface area contributed by atoms with E-state index in [0.29, 0.717) is 5.69 Å². The van der Waals surface area contributed by atoms with Crippen LogP contribution in [0.2, 0.25) is 18.1 Å². The number of carboxylic acids is 1. The summed E-state index contributed by atoms with van der Waals surface area (Å²) >= 11 is 0. The number of carboxylic acid groups (broad SMARTS) is 1. The number of halogens is 1. The lowest BCUT2D eigenvalue weighted by Gasteiger charge is -2.38. The Morgan fingerprint density at radius 1 is 1.45 bits per heavy atom. The number of hydrogen-bond donors (Lipinski definition) is 1. The highest BCUT2D eigenvalue weighted by atomic mass is 28.4. The minimum Gasteiger partial charge on any atom is -0.481 e. The molecule has 0 saturated heterocycles. The smallest absolute Gasteiger partial charge is 0.306 e. The summed E-state index contributed by atoms with van der Waals surface area (Å²) in [5.74, 6) is -1.70. The zero-order valence-electron chi connectivity index (χ0n) is 13.8. The van der Waals surface area contributed by atoms with Crippen molar-refractivity contribution in [3.63, 3.8) is 0 Å². The number of pyridine rings is 1. The number of hydrogen-bond acceptors (Lipinski definition) is 3. The van der Waals surface area contributed by atoms with Crippen LogP contribution in [0.1, 0.15) is 32.9 Å². The van der Waals surface area contributed by atoms with Crippen LogP contribution in [0, 0.1) is 0 Å². The lowest BCUT2D eigenvalue weighted by Crippen LogP contribution is -2.44. The van der Waals surface area contributed by atoms with Gasteiger partial charge in [-0.3, -0.25) is 9.78 Å². The first-order valence-corrected chi connectivity index (χ1v) is 10.1. The van der Waals surface area contributed by atoms with Crippen LogP contribution in [-0.4, -0.2) is 30.5 Å². The zero-order chi connectivity index (χ0) is 17.0. The van der Waals surface area contributed by atoms with Crippen LogP contribution in [0.15, 0.2) is 30.2 Å². The molecule has 1 aromatic heterocycles. The van der Waals surface area contributed by atoms with E-state index in [0.717, 1.165) is 0 Å². The predicted molar refractivity (Wildman–Crippen MR) is 87.6 cm³/mol. The highest BCUT2D eigenvalue weighted by Crippen LogP contribution is 2.38. The van der Waals surface area contributed by atoms with E-state index in [1.54, 1.807) is 24.4 Å². The van der Waals surface area contributed by atoms with Gasteiger partial charge in [0.05, 0.1) is 12.1 Å². The molecule has 1 rings (SSSR count). The third-order valence-electron chi connectivity index (χ3n) is 3.88. The van der Waals surface area contributed by atoms with Crippen LogP contribution in [0.25, 0.3) is 6.08 Å². The molecule has 0 radical (unpaired) electrons. The molecule has 6 heteroatoms. The van der Waals surface area contributed by atoms with Crippen LogP contribution < -0.4 is 0 Å². The van der Waals surface area contributed by atoms with Crippen molar-refractivity contribution in [2.75, 3.05) is 0 Å². The Morgan fingerprint density at radius 2 is 2.09 bits per heavy atom. The summed E-state index contributed by atoms with van der Waals surface area (Å²) in [6.45, 7) is 10.0. The van der Waals surface area contributed by atoms with Crippen LogP contribution in [-0.2, 0) is 9.22 Å². The molecule has 0 aromatic carbocycles. The Morgan fingerprint density at radius 3 is 2.55 bits per heavy atom. The van der Waals surface area contributed by atoms with E-state index in [2.05, 4.69) is 4.98 Å². The van der Waals surface area contributed by atoms with Gasteiger partial charge >= 0.3 is 5.97 Å². The Balaban J connectivity index is 3.03. The minimum atomic E-state index is -2.28.